The van der Waals surface area contributed by atoms with Crippen molar-refractivity contribution in [3.05, 3.63) is 36.4 Å². The molecule has 0 aliphatic carbocycles. The van der Waals surface area contributed by atoms with Gasteiger partial charge in [0.05, 0.1) is 16.3 Å². The Morgan fingerprint density at radius 2 is 1.95 bits per heavy atom. The lowest BCUT2D eigenvalue weighted by molar-refractivity contribution is 0.587. The first-order valence-electron chi connectivity index (χ1n) is 7.03. The molecule has 1 aliphatic rings. The second-order valence-electron chi connectivity index (χ2n) is 5.26. The number of benzene rings is 1. The van der Waals surface area contributed by atoms with Gasteiger partial charge >= 0.3 is 0 Å². The molecule has 0 saturated heterocycles. The summed E-state index contributed by atoms with van der Waals surface area (Å²) in [6, 6.07) is 4.38. The van der Waals surface area contributed by atoms with Crippen LogP contribution >= 0.6 is 0 Å². The quantitative estimate of drug-likeness (QED) is 0.597. The average Bonchev–Trinajstić information content (AvgIpc) is 2.86. The molecule has 1 heterocycles. The number of hydrogen-bond acceptors (Lipinski definition) is 4. The van der Waals surface area contributed by atoms with E-state index in [0.717, 1.165) is 18.4 Å². The third kappa shape index (κ3) is 3.68. The Labute approximate surface area is 131 Å². The number of nitrogens with two attached hydrogens (primary N) is 1. The lowest BCUT2D eigenvalue weighted by Gasteiger charge is -2.19. The SMILES string of the molecule is C=CCCCCS(=O)(=O)N1CCc2ccc(S(N)(=O)=O)cc21. The standard InChI is InChI=1S/C14H20N2O4S2/c1-2-3-4-5-10-21(17,18)16-9-8-12-6-7-13(11-14(12)16)22(15,19)20/h2,6-7,11H,1,3-5,8-10H2,(H2,15,19,20). The van der Waals surface area contributed by atoms with E-state index in [-0.39, 0.29) is 10.6 Å². The highest BCUT2D eigenvalue weighted by molar-refractivity contribution is 7.92. The number of fused-ring (bicyclic) bond motifs is 1. The number of primary sulfonamides is 1. The van der Waals surface area contributed by atoms with Gasteiger partial charge in [0, 0.05) is 6.54 Å². The Morgan fingerprint density at radius 1 is 1.23 bits per heavy atom. The van der Waals surface area contributed by atoms with Crippen molar-refractivity contribution in [2.24, 2.45) is 5.14 Å². The van der Waals surface area contributed by atoms with Gasteiger partial charge in [-0.2, -0.15) is 0 Å². The maximum atomic E-state index is 12.4. The summed E-state index contributed by atoms with van der Waals surface area (Å²) in [6.07, 6.45) is 4.43. The molecule has 1 aliphatic heterocycles. The molecule has 2 rings (SSSR count). The Bertz CT molecular complexity index is 770. The monoisotopic (exact) mass is 344 g/mol. The largest absolute Gasteiger partial charge is 0.270 e. The smallest absolute Gasteiger partial charge is 0.238 e. The molecule has 0 spiro atoms. The normalized spacial score (nSPS) is 14.9. The highest BCUT2D eigenvalue weighted by Crippen LogP contribution is 2.32. The van der Waals surface area contributed by atoms with E-state index in [2.05, 4.69) is 6.58 Å². The highest BCUT2D eigenvalue weighted by atomic mass is 32.2. The van der Waals surface area contributed by atoms with Crippen molar-refractivity contribution in [3.63, 3.8) is 0 Å². The van der Waals surface area contributed by atoms with Crippen LogP contribution in [0.4, 0.5) is 5.69 Å². The summed E-state index contributed by atoms with van der Waals surface area (Å²) >= 11 is 0. The van der Waals surface area contributed by atoms with E-state index in [4.69, 9.17) is 5.14 Å². The van der Waals surface area contributed by atoms with Crippen LogP contribution in [0.25, 0.3) is 0 Å². The molecular weight excluding hydrogens is 324 g/mol. The predicted octanol–water partition coefficient (Wildman–Crippen LogP) is 1.38. The van der Waals surface area contributed by atoms with E-state index in [0.29, 0.717) is 25.1 Å². The van der Waals surface area contributed by atoms with Crippen LogP contribution in [0.5, 0.6) is 0 Å². The summed E-state index contributed by atoms with van der Waals surface area (Å²) in [4.78, 5) is -0.0694. The molecule has 0 bridgehead atoms. The number of hydrogen-bond donors (Lipinski definition) is 1. The first-order chi connectivity index (χ1) is 10.3. The maximum Gasteiger partial charge on any atom is 0.238 e. The third-order valence-electron chi connectivity index (χ3n) is 3.63. The fourth-order valence-corrected chi connectivity index (χ4v) is 4.64. The molecule has 0 aromatic heterocycles. The molecule has 6 nitrogen and oxygen atoms in total. The van der Waals surface area contributed by atoms with Gasteiger partial charge in [-0.05, 0) is 43.4 Å². The molecule has 0 amide bonds. The van der Waals surface area contributed by atoms with Crippen LogP contribution in [0.3, 0.4) is 0 Å². The Hall–Kier alpha value is -1.38. The zero-order valence-corrected chi connectivity index (χ0v) is 13.9. The third-order valence-corrected chi connectivity index (χ3v) is 6.40. The molecule has 0 unspecified atom stereocenters. The average molecular weight is 344 g/mol. The van der Waals surface area contributed by atoms with Crippen molar-refractivity contribution in [1.82, 2.24) is 0 Å². The first-order valence-corrected chi connectivity index (χ1v) is 10.2. The van der Waals surface area contributed by atoms with Gasteiger partial charge in [0.1, 0.15) is 0 Å². The molecule has 122 valence electrons. The minimum atomic E-state index is -3.85. The van der Waals surface area contributed by atoms with Crippen molar-refractivity contribution < 1.29 is 16.8 Å². The summed E-state index contributed by atoms with van der Waals surface area (Å²) in [6.45, 7) is 3.95. The summed E-state index contributed by atoms with van der Waals surface area (Å²) in [5.74, 6) is 0.0416. The van der Waals surface area contributed by atoms with Crippen LogP contribution in [0.1, 0.15) is 24.8 Å². The van der Waals surface area contributed by atoms with E-state index < -0.39 is 20.0 Å². The van der Waals surface area contributed by atoms with E-state index in [9.17, 15) is 16.8 Å². The molecule has 0 atom stereocenters. The summed E-state index contributed by atoms with van der Waals surface area (Å²) in [5.41, 5.74) is 1.25. The van der Waals surface area contributed by atoms with Gasteiger partial charge in [-0.1, -0.05) is 12.1 Å². The van der Waals surface area contributed by atoms with Crippen molar-refractivity contribution >= 4 is 25.7 Å². The Balaban J connectivity index is 2.25. The second kappa shape index (κ2) is 6.39. The zero-order chi connectivity index (χ0) is 16.4. The van der Waals surface area contributed by atoms with Gasteiger partial charge in [-0.15, -0.1) is 6.58 Å². The number of anilines is 1. The topological polar surface area (TPSA) is 97.5 Å². The second-order valence-corrected chi connectivity index (χ2v) is 8.83. The van der Waals surface area contributed by atoms with E-state index in [1.54, 1.807) is 12.1 Å². The minimum absolute atomic E-state index is 0.0416. The zero-order valence-electron chi connectivity index (χ0n) is 12.2. The summed E-state index contributed by atoms with van der Waals surface area (Å²) < 4.78 is 49.0. The van der Waals surface area contributed by atoms with Crippen LogP contribution in [0.15, 0.2) is 35.7 Å². The van der Waals surface area contributed by atoms with Crippen molar-refractivity contribution in [3.8, 4) is 0 Å². The summed E-state index contributed by atoms with van der Waals surface area (Å²) in [5, 5.41) is 5.11. The van der Waals surface area contributed by atoms with Gasteiger partial charge in [0.25, 0.3) is 0 Å². The van der Waals surface area contributed by atoms with Crippen LogP contribution < -0.4 is 9.44 Å². The maximum absolute atomic E-state index is 12.4. The van der Waals surface area contributed by atoms with Crippen LogP contribution in [-0.2, 0) is 26.5 Å². The molecule has 0 radical (unpaired) electrons. The number of nitrogens with zero attached hydrogens (tertiary/aromatic N) is 1. The summed E-state index contributed by atoms with van der Waals surface area (Å²) in [7, 11) is -7.30. The predicted molar refractivity (Wildman–Crippen MR) is 86.7 cm³/mol. The molecule has 1 aromatic rings. The molecule has 1 aromatic carbocycles. The van der Waals surface area contributed by atoms with E-state index in [1.807, 2.05) is 0 Å². The number of allylic oxidation sites excluding steroid dienone is 1. The Kier molecular flexibility index (Phi) is 4.93. The van der Waals surface area contributed by atoms with E-state index in [1.165, 1.54) is 16.4 Å². The lowest BCUT2D eigenvalue weighted by atomic mass is 10.2. The fraction of sp³-hybridized carbons (Fsp3) is 0.429. The molecule has 0 fully saturated rings. The molecule has 0 saturated carbocycles. The number of rotatable bonds is 7. The molecule has 2 N–H and O–H groups in total. The van der Waals surface area contributed by atoms with Gasteiger partial charge < -0.3 is 0 Å². The highest BCUT2D eigenvalue weighted by Gasteiger charge is 2.30. The lowest BCUT2D eigenvalue weighted by Crippen LogP contribution is -2.31. The van der Waals surface area contributed by atoms with Crippen molar-refractivity contribution in [2.45, 2.75) is 30.6 Å². The van der Waals surface area contributed by atoms with Gasteiger partial charge in [0.2, 0.25) is 20.0 Å². The Morgan fingerprint density at radius 3 is 2.59 bits per heavy atom. The molecular formula is C14H20N2O4S2. The van der Waals surface area contributed by atoms with Crippen LogP contribution in [0.2, 0.25) is 0 Å². The van der Waals surface area contributed by atoms with Crippen molar-refractivity contribution in [2.75, 3.05) is 16.6 Å². The van der Waals surface area contributed by atoms with Crippen molar-refractivity contribution in [1.29, 1.82) is 0 Å². The number of sulfonamides is 2. The minimum Gasteiger partial charge on any atom is -0.270 e. The fourth-order valence-electron chi connectivity index (χ4n) is 2.48. The van der Waals surface area contributed by atoms with Gasteiger partial charge in [-0.25, -0.2) is 22.0 Å². The van der Waals surface area contributed by atoms with Crippen LogP contribution in [-0.4, -0.2) is 29.1 Å². The molecule has 22 heavy (non-hydrogen) atoms. The van der Waals surface area contributed by atoms with Gasteiger partial charge in [0.15, 0.2) is 0 Å². The first kappa shape index (κ1) is 17.0. The number of unbranched alkanes of at least 4 members (excludes halogenated alkanes) is 2. The van der Waals surface area contributed by atoms with E-state index >= 15 is 0 Å². The molecule has 8 heteroatoms. The van der Waals surface area contributed by atoms with Gasteiger partial charge in [-0.3, -0.25) is 4.31 Å². The van der Waals surface area contributed by atoms with Crippen LogP contribution in [0, 0.1) is 0 Å².